The quantitative estimate of drug-likeness (QED) is 0.101. The molecule has 2 aliphatic rings. The molecule has 0 amide bonds. The molecule has 2 aliphatic heterocycles. The van der Waals surface area contributed by atoms with E-state index >= 15 is 0 Å². The fourth-order valence-electron chi connectivity index (χ4n) is 15.8. The van der Waals surface area contributed by atoms with Gasteiger partial charge in [0.1, 0.15) is 11.5 Å². The first-order valence-electron chi connectivity index (χ1n) is 35.2. The highest BCUT2D eigenvalue weighted by Crippen LogP contribution is 2.56. The molecule has 0 unspecified atom stereocenters. The Morgan fingerprint density at radius 3 is 0.804 bits per heavy atom. The Morgan fingerprint density at radius 2 is 0.480 bits per heavy atom. The largest absolute Gasteiger partial charge is 0.457 e. The summed E-state index contributed by atoms with van der Waals surface area (Å²) in [7, 11) is 0. The van der Waals surface area contributed by atoms with Gasteiger partial charge in [0, 0.05) is 57.1 Å². The minimum atomic E-state index is -0.318. The highest BCUT2D eigenvalue weighted by molar-refractivity contribution is 7.00. The molecule has 0 aromatic heterocycles. The first-order valence-corrected chi connectivity index (χ1v) is 35.2. The molecule has 4 heteroatoms. The van der Waals surface area contributed by atoms with Crippen LogP contribution in [0.15, 0.2) is 382 Å². The molecule has 0 bridgehead atoms. The Balaban J connectivity index is 1.02. The van der Waals surface area contributed by atoms with Crippen LogP contribution in [0.2, 0.25) is 0 Å². The van der Waals surface area contributed by atoms with Crippen molar-refractivity contribution in [2.75, 3.05) is 9.80 Å². The Hall–Kier alpha value is -13.0. The van der Waals surface area contributed by atoms with Crippen molar-refractivity contribution >= 4 is 57.2 Å². The Morgan fingerprint density at radius 1 is 0.206 bits per heavy atom. The lowest BCUT2D eigenvalue weighted by atomic mass is 9.33. The molecule has 0 saturated heterocycles. The van der Waals surface area contributed by atoms with Crippen molar-refractivity contribution in [3.8, 4) is 123 Å². The van der Waals surface area contributed by atoms with E-state index in [-0.39, 0.29) is 6.71 Å². The van der Waals surface area contributed by atoms with E-state index < -0.39 is 0 Å². The Kier molecular flexibility index (Phi) is 15.8. The summed E-state index contributed by atoms with van der Waals surface area (Å²) >= 11 is 0. The first-order chi connectivity index (χ1) is 50.5. The van der Waals surface area contributed by atoms with Crippen LogP contribution in [-0.2, 0) is 0 Å². The molecule has 0 N–H and O–H groups in total. The van der Waals surface area contributed by atoms with E-state index in [2.05, 4.69) is 406 Å². The second kappa shape index (κ2) is 26.3. The van der Waals surface area contributed by atoms with Gasteiger partial charge in [-0.1, -0.05) is 357 Å². The molecule has 0 aliphatic carbocycles. The summed E-state index contributed by atoms with van der Waals surface area (Å²) < 4.78 is 7.48. The SMILES string of the molecule is Cc1ccc(-c2ccc3c(c2)B2c4cc(-c5ccc(C)cc5)ccc4N(c4c(-c5ccccc5-c5ccccc5)cccc4-c4ccccc4-c4ccccc4)c4cc(Oc5ccccc5)cc(c42)N3c2c(-c3ccccc3-c3ccccc3)cccc2-c2ccccc2-c2ccccc2)cc1. The van der Waals surface area contributed by atoms with Crippen LogP contribution < -0.4 is 30.9 Å². The average Bonchev–Trinajstić information content (AvgIpc) is 0.688. The summed E-state index contributed by atoms with van der Waals surface area (Å²) in [5.41, 5.74) is 34.7. The van der Waals surface area contributed by atoms with Crippen molar-refractivity contribution in [1.29, 1.82) is 0 Å². The highest BCUT2D eigenvalue weighted by atomic mass is 16.5. The number of benzene rings is 16. The molecule has 16 aromatic carbocycles. The highest BCUT2D eigenvalue weighted by Gasteiger charge is 2.46. The number of anilines is 6. The van der Waals surface area contributed by atoms with E-state index in [1.54, 1.807) is 0 Å². The van der Waals surface area contributed by atoms with Gasteiger partial charge in [-0.2, -0.15) is 0 Å². The maximum absolute atomic E-state index is 7.48. The van der Waals surface area contributed by atoms with Crippen LogP contribution in [0, 0.1) is 13.8 Å². The van der Waals surface area contributed by atoms with Gasteiger partial charge >= 0.3 is 0 Å². The van der Waals surface area contributed by atoms with Crippen molar-refractivity contribution in [1.82, 2.24) is 0 Å². The third-order valence-electron chi connectivity index (χ3n) is 20.5. The molecular formula is C98H69BN2O. The molecule has 0 atom stereocenters. The predicted molar refractivity (Wildman–Crippen MR) is 431 cm³/mol. The van der Waals surface area contributed by atoms with E-state index in [1.165, 1.54) is 22.1 Å². The van der Waals surface area contributed by atoms with E-state index in [0.29, 0.717) is 5.75 Å². The number of ether oxygens (including phenoxy) is 1. The van der Waals surface area contributed by atoms with Gasteiger partial charge in [-0.05, 0) is 144 Å². The molecule has 16 aromatic rings. The van der Waals surface area contributed by atoms with Gasteiger partial charge in [0.2, 0.25) is 0 Å². The Labute approximate surface area is 597 Å². The van der Waals surface area contributed by atoms with E-state index in [9.17, 15) is 0 Å². The lowest BCUT2D eigenvalue weighted by molar-refractivity contribution is 0.483. The molecule has 0 radical (unpaired) electrons. The summed E-state index contributed by atoms with van der Waals surface area (Å²) in [6.07, 6.45) is 0. The van der Waals surface area contributed by atoms with E-state index in [4.69, 9.17) is 4.74 Å². The monoisotopic (exact) mass is 1300 g/mol. The second-order valence-electron chi connectivity index (χ2n) is 26.7. The molecule has 480 valence electrons. The number of para-hydroxylation sites is 3. The van der Waals surface area contributed by atoms with Gasteiger partial charge in [0.05, 0.1) is 11.4 Å². The van der Waals surface area contributed by atoms with E-state index in [1.807, 2.05) is 0 Å². The van der Waals surface area contributed by atoms with Crippen LogP contribution in [0.1, 0.15) is 11.1 Å². The number of aryl methyl sites for hydroxylation is 2. The van der Waals surface area contributed by atoms with Crippen molar-refractivity contribution in [3.05, 3.63) is 393 Å². The predicted octanol–water partition coefficient (Wildman–Crippen LogP) is 24.8. The van der Waals surface area contributed by atoms with Gasteiger partial charge in [-0.25, -0.2) is 0 Å². The summed E-state index contributed by atoms with van der Waals surface area (Å²) in [6, 6.07) is 141. The molecule has 102 heavy (non-hydrogen) atoms. The van der Waals surface area contributed by atoms with Crippen LogP contribution in [-0.4, -0.2) is 6.71 Å². The molecule has 0 fully saturated rings. The van der Waals surface area contributed by atoms with Crippen LogP contribution in [0.4, 0.5) is 34.1 Å². The maximum Gasteiger partial charge on any atom is 0.252 e. The van der Waals surface area contributed by atoms with Crippen LogP contribution in [0.25, 0.3) is 111 Å². The number of hydrogen-bond acceptors (Lipinski definition) is 3. The summed E-state index contributed by atoms with van der Waals surface area (Å²) in [4.78, 5) is 5.26. The zero-order chi connectivity index (χ0) is 68.0. The molecule has 0 spiro atoms. The first kappa shape index (κ1) is 61.3. The number of rotatable bonds is 14. The summed E-state index contributed by atoms with van der Waals surface area (Å²) in [5.74, 6) is 1.44. The van der Waals surface area contributed by atoms with Crippen LogP contribution in [0.3, 0.4) is 0 Å². The number of hydrogen-bond donors (Lipinski definition) is 0. The Bertz CT molecular complexity index is 5260. The standard InChI is InChI=1S/C98H69BN2O/c1-66-50-54-68(55-51-66)74-58-60-92-90(62-74)99-91-63-75(69-56-52-67(2)53-57-69)59-61-93(91)101(98-88(84-44-24-20-40-80(84)72-32-12-5-13-33-72)48-27-49-89(98)85-45-25-21-41-81(85)73-34-14-6-15-35-73)95-65-77(102-76-36-16-7-17-37-76)64-94(96(95)99)100(92)97-86(82-42-22-18-38-78(82)70-28-8-3-9-29-70)46-26-47-87(97)83-43-23-19-39-79(83)71-30-10-4-11-31-71/h3-65H,1-2H3. The average molecular weight is 1300 g/mol. The topological polar surface area (TPSA) is 15.7 Å². The maximum atomic E-state index is 7.48. The molecule has 0 saturated carbocycles. The van der Waals surface area contributed by atoms with Crippen molar-refractivity contribution in [2.24, 2.45) is 0 Å². The van der Waals surface area contributed by atoms with Gasteiger partial charge in [-0.3, -0.25) is 0 Å². The third-order valence-corrected chi connectivity index (χ3v) is 20.5. The van der Waals surface area contributed by atoms with Crippen molar-refractivity contribution in [3.63, 3.8) is 0 Å². The molecule has 2 heterocycles. The molecule has 3 nitrogen and oxygen atoms in total. The summed E-state index contributed by atoms with van der Waals surface area (Å²) in [5, 5.41) is 0. The van der Waals surface area contributed by atoms with E-state index in [0.717, 1.165) is 157 Å². The van der Waals surface area contributed by atoms with Crippen molar-refractivity contribution < 1.29 is 4.74 Å². The molecule has 18 rings (SSSR count). The minimum Gasteiger partial charge on any atom is -0.457 e. The number of nitrogens with zero attached hydrogens (tertiary/aromatic N) is 2. The zero-order valence-electron chi connectivity index (χ0n) is 56.8. The van der Waals surface area contributed by atoms with Gasteiger partial charge < -0.3 is 14.5 Å². The number of fused-ring (bicyclic) bond motifs is 4. The summed E-state index contributed by atoms with van der Waals surface area (Å²) in [6.45, 7) is 4.02. The molecular weight excluding hydrogens is 1230 g/mol. The third kappa shape index (κ3) is 11.1. The zero-order valence-corrected chi connectivity index (χ0v) is 56.8. The lowest BCUT2D eigenvalue weighted by Gasteiger charge is -2.46. The second-order valence-corrected chi connectivity index (χ2v) is 26.7. The van der Waals surface area contributed by atoms with Gasteiger partial charge in [0.25, 0.3) is 6.71 Å². The van der Waals surface area contributed by atoms with Gasteiger partial charge in [-0.15, -0.1) is 0 Å². The van der Waals surface area contributed by atoms with Gasteiger partial charge in [0.15, 0.2) is 0 Å². The minimum absolute atomic E-state index is 0.318. The van der Waals surface area contributed by atoms with Crippen LogP contribution in [0.5, 0.6) is 11.5 Å². The normalized spacial score (nSPS) is 12.0. The fourth-order valence-corrected chi connectivity index (χ4v) is 15.8. The smallest absolute Gasteiger partial charge is 0.252 e. The van der Waals surface area contributed by atoms with Crippen LogP contribution >= 0.6 is 0 Å². The fraction of sp³-hybridized carbons (Fsp3) is 0.0204. The lowest BCUT2D eigenvalue weighted by Crippen LogP contribution is -2.61. The van der Waals surface area contributed by atoms with Crippen molar-refractivity contribution in [2.45, 2.75) is 13.8 Å².